The molecule has 11 heteroatoms. The number of nitrogens with one attached hydrogen (secondary N) is 1. The average Bonchev–Trinajstić information content (AvgIpc) is 3.21. The number of amides is 1. The number of nitrogens with zero attached hydrogens (tertiary/aromatic N) is 4. The van der Waals surface area contributed by atoms with E-state index in [2.05, 4.69) is 15.5 Å². The van der Waals surface area contributed by atoms with Crippen molar-refractivity contribution < 1.29 is 18.0 Å². The van der Waals surface area contributed by atoms with E-state index in [1.165, 1.54) is 13.8 Å². The first-order valence-electron chi connectivity index (χ1n) is 8.47. The minimum Gasteiger partial charge on any atom is -0.307 e. The maximum Gasteiger partial charge on any atom is 0.436 e. The van der Waals surface area contributed by atoms with E-state index >= 15 is 0 Å². The van der Waals surface area contributed by atoms with E-state index < -0.39 is 28.8 Å². The van der Waals surface area contributed by atoms with Gasteiger partial charge < -0.3 is 5.32 Å². The van der Waals surface area contributed by atoms with E-state index in [0.717, 1.165) is 10.2 Å². The molecule has 1 unspecified atom stereocenters. The summed E-state index contributed by atoms with van der Waals surface area (Å²) in [7, 11) is 0. The molecule has 6 nitrogen and oxygen atoms in total. The first-order valence-corrected chi connectivity index (χ1v) is 9.22. The van der Waals surface area contributed by atoms with Gasteiger partial charge in [-0.15, -0.1) is 0 Å². The predicted octanol–water partition coefficient (Wildman–Crippen LogP) is 4.96. The van der Waals surface area contributed by atoms with Crippen LogP contribution in [0.1, 0.15) is 29.9 Å². The van der Waals surface area contributed by atoms with Gasteiger partial charge >= 0.3 is 6.18 Å². The lowest BCUT2D eigenvalue weighted by molar-refractivity contribution is -0.141. The van der Waals surface area contributed by atoms with Crippen molar-refractivity contribution in [1.29, 1.82) is 0 Å². The first-order chi connectivity index (χ1) is 13.6. The lowest BCUT2D eigenvalue weighted by Gasteiger charge is -2.13. The summed E-state index contributed by atoms with van der Waals surface area (Å²) in [6.07, 6.45) is -3.03. The van der Waals surface area contributed by atoms with Crippen LogP contribution in [0.4, 0.5) is 19.0 Å². The summed E-state index contributed by atoms with van der Waals surface area (Å²) in [5.41, 5.74) is -0.205. The molecular weight excluding hydrogens is 430 g/mol. The molecule has 1 N–H and O–H groups in total. The number of halogens is 5. The Bertz CT molecular complexity index is 1030. The molecule has 3 aromatic rings. The van der Waals surface area contributed by atoms with Crippen LogP contribution in [0.15, 0.2) is 36.5 Å². The van der Waals surface area contributed by atoms with Gasteiger partial charge in [0.05, 0.1) is 17.3 Å². The molecule has 0 fully saturated rings. The molecule has 2 aromatic heterocycles. The number of carbonyl (C=O) groups excluding carboxylic acids is 1. The Morgan fingerprint density at radius 1 is 1.17 bits per heavy atom. The van der Waals surface area contributed by atoms with Crippen LogP contribution in [0.3, 0.4) is 0 Å². The average molecular weight is 446 g/mol. The predicted molar refractivity (Wildman–Crippen MR) is 103 cm³/mol. The van der Waals surface area contributed by atoms with Crippen LogP contribution in [-0.4, -0.2) is 25.5 Å². The molecular formula is C18H16Cl2F3N5O. The molecule has 1 atom stereocenters. The number of hydrogen-bond acceptors (Lipinski definition) is 3. The summed E-state index contributed by atoms with van der Waals surface area (Å²) >= 11 is 11.6. The molecule has 1 amide bonds. The summed E-state index contributed by atoms with van der Waals surface area (Å²) < 4.78 is 41.5. The van der Waals surface area contributed by atoms with E-state index in [1.807, 2.05) is 12.1 Å². The zero-order valence-electron chi connectivity index (χ0n) is 15.3. The molecule has 3 rings (SSSR count). The van der Waals surface area contributed by atoms with Gasteiger partial charge in [-0.3, -0.25) is 14.2 Å². The SMILES string of the molecule is Cc1c(Cl)c(C(F)(F)F)nn1C(C)C(=O)Nc1ccn(Cc2ccc(Cl)cc2)n1. The van der Waals surface area contributed by atoms with Crippen LogP contribution < -0.4 is 5.32 Å². The van der Waals surface area contributed by atoms with E-state index in [0.29, 0.717) is 11.6 Å². The molecule has 0 saturated heterocycles. The Morgan fingerprint density at radius 3 is 2.41 bits per heavy atom. The molecule has 0 aliphatic heterocycles. The van der Waals surface area contributed by atoms with Gasteiger partial charge in [-0.25, -0.2) is 0 Å². The second kappa shape index (κ2) is 8.08. The van der Waals surface area contributed by atoms with Crippen molar-refractivity contribution in [1.82, 2.24) is 19.6 Å². The Hall–Kier alpha value is -2.52. The van der Waals surface area contributed by atoms with Gasteiger partial charge in [-0.2, -0.15) is 23.4 Å². The third-order valence-electron chi connectivity index (χ3n) is 4.24. The summed E-state index contributed by atoms with van der Waals surface area (Å²) in [5.74, 6) is -0.305. The third-order valence-corrected chi connectivity index (χ3v) is 4.95. The quantitative estimate of drug-likeness (QED) is 0.603. The van der Waals surface area contributed by atoms with Gasteiger partial charge in [0.25, 0.3) is 0 Å². The van der Waals surface area contributed by atoms with Gasteiger partial charge in [-0.05, 0) is 31.5 Å². The van der Waals surface area contributed by atoms with Crippen LogP contribution in [0.25, 0.3) is 0 Å². The summed E-state index contributed by atoms with van der Waals surface area (Å²) in [5, 5.41) is 10.4. The molecule has 0 aliphatic carbocycles. The molecule has 0 radical (unpaired) electrons. The maximum atomic E-state index is 13.0. The van der Waals surface area contributed by atoms with Crippen molar-refractivity contribution in [2.24, 2.45) is 0 Å². The highest BCUT2D eigenvalue weighted by molar-refractivity contribution is 6.32. The number of alkyl halides is 3. The summed E-state index contributed by atoms with van der Waals surface area (Å²) in [6, 6.07) is 7.80. The standard InChI is InChI=1S/C18H16Cl2F3N5O/c1-10-15(20)16(18(21,22)23)26-28(10)11(2)17(29)24-14-7-8-27(25-14)9-12-3-5-13(19)6-4-12/h3-8,11H,9H2,1-2H3,(H,24,25,29). The zero-order valence-corrected chi connectivity index (χ0v) is 16.8. The minimum absolute atomic E-state index is 0.0508. The van der Waals surface area contributed by atoms with Crippen molar-refractivity contribution in [3.8, 4) is 0 Å². The van der Waals surface area contributed by atoms with Crippen LogP contribution in [0, 0.1) is 6.92 Å². The number of benzene rings is 1. The highest BCUT2D eigenvalue weighted by Gasteiger charge is 2.39. The van der Waals surface area contributed by atoms with Crippen molar-refractivity contribution >= 4 is 34.9 Å². The Morgan fingerprint density at radius 2 is 1.83 bits per heavy atom. The van der Waals surface area contributed by atoms with Gasteiger partial charge in [0.1, 0.15) is 6.04 Å². The smallest absolute Gasteiger partial charge is 0.307 e. The topological polar surface area (TPSA) is 64.7 Å². The molecule has 0 bridgehead atoms. The number of aromatic nitrogens is 4. The Kier molecular flexibility index (Phi) is 5.90. The van der Waals surface area contributed by atoms with Crippen LogP contribution in [0.5, 0.6) is 0 Å². The highest BCUT2D eigenvalue weighted by atomic mass is 35.5. The number of anilines is 1. The van der Waals surface area contributed by atoms with E-state index in [-0.39, 0.29) is 11.5 Å². The fourth-order valence-electron chi connectivity index (χ4n) is 2.69. The lowest BCUT2D eigenvalue weighted by atomic mass is 10.2. The van der Waals surface area contributed by atoms with E-state index in [1.54, 1.807) is 29.1 Å². The van der Waals surface area contributed by atoms with E-state index in [4.69, 9.17) is 23.2 Å². The molecule has 0 spiro atoms. The maximum absolute atomic E-state index is 13.0. The van der Waals surface area contributed by atoms with E-state index in [9.17, 15) is 18.0 Å². The fourth-order valence-corrected chi connectivity index (χ4v) is 3.05. The van der Waals surface area contributed by atoms with Crippen molar-refractivity contribution in [2.75, 3.05) is 5.32 Å². The van der Waals surface area contributed by atoms with Crippen LogP contribution >= 0.6 is 23.2 Å². The minimum atomic E-state index is -4.70. The highest BCUT2D eigenvalue weighted by Crippen LogP contribution is 2.36. The second-order valence-electron chi connectivity index (χ2n) is 6.38. The molecule has 0 saturated carbocycles. The zero-order chi connectivity index (χ0) is 21.3. The summed E-state index contributed by atoms with van der Waals surface area (Å²) in [4.78, 5) is 12.5. The van der Waals surface area contributed by atoms with Gasteiger partial charge in [0, 0.05) is 17.3 Å². The largest absolute Gasteiger partial charge is 0.436 e. The summed E-state index contributed by atoms with van der Waals surface area (Å²) in [6.45, 7) is 3.26. The van der Waals surface area contributed by atoms with Gasteiger partial charge in [0.15, 0.2) is 11.5 Å². The van der Waals surface area contributed by atoms with Crippen molar-refractivity contribution in [3.63, 3.8) is 0 Å². The molecule has 1 aromatic carbocycles. The molecule has 0 aliphatic rings. The number of carbonyl (C=O) groups is 1. The van der Waals surface area contributed by atoms with Crippen LogP contribution in [-0.2, 0) is 17.5 Å². The van der Waals surface area contributed by atoms with Gasteiger partial charge in [0.2, 0.25) is 5.91 Å². The first kappa shape index (κ1) is 21.2. The molecule has 29 heavy (non-hydrogen) atoms. The molecule has 154 valence electrons. The number of hydrogen-bond donors (Lipinski definition) is 1. The second-order valence-corrected chi connectivity index (χ2v) is 7.19. The molecule has 2 heterocycles. The number of rotatable bonds is 5. The monoisotopic (exact) mass is 445 g/mol. The lowest BCUT2D eigenvalue weighted by Crippen LogP contribution is -2.26. The van der Waals surface area contributed by atoms with Crippen LogP contribution in [0.2, 0.25) is 10.0 Å². The van der Waals surface area contributed by atoms with Crippen molar-refractivity contribution in [2.45, 2.75) is 32.6 Å². The Labute approximate surface area is 174 Å². The Balaban J connectivity index is 1.71. The third kappa shape index (κ3) is 4.73. The fraction of sp³-hybridized carbons (Fsp3) is 0.278. The van der Waals surface area contributed by atoms with Crippen molar-refractivity contribution in [3.05, 3.63) is 63.5 Å². The van der Waals surface area contributed by atoms with Gasteiger partial charge in [-0.1, -0.05) is 35.3 Å². The normalized spacial score (nSPS) is 12.8.